The Hall–Kier alpha value is -0.0800. The molecular formula is C14H24O2. The quantitative estimate of drug-likeness (QED) is 0.767. The van der Waals surface area contributed by atoms with Crippen LogP contribution in [0.2, 0.25) is 0 Å². The monoisotopic (exact) mass is 224 g/mol. The zero-order valence-electron chi connectivity index (χ0n) is 10.0. The van der Waals surface area contributed by atoms with E-state index in [-0.39, 0.29) is 0 Å². The molecule has 3 fully saturated rings. The van der Waals surface area contributed by atoms with E-state index in [1.165, 1.54) is 25.7 Å². The number of aliphatic hydroxyl groups excluding tert-OH is 2. The first-order valence-corrected chi connectivity index (χ1v) is 7.07. The van der Waals surface area contributed by atoms with Gasteiger partial charge in [-0.2, -0.15) is 0 Å². The van der Waals surface area contributed by atoms with Gasteiger partial charge in [0.25, 0.3) is 0 Å². The first-order valence-electron chi connectivity index (χ1n) is 7.07. The summed E-state index contributed by atoms with van der Waals surface area (Å²) in [4.78, 5) is 0. The minimum atomic E-state index is 0.371. The topological polar surface area (TPSA) is 40.5 Å². The first-order chi connectivity index (χ1) is 7.85. The molecule has 0 heterocycles. The van der Waals surface area contributed by atoms with Crippen molar-refractivity contribution in [1.82, 2.24) is 0 Å². The van der Waals surface area contributed by atoms with Gasteiger partial charge in [0.05, 0.1) is 0 Å². The molecule has 2 heteroatoms. The summed E-state index contributed by atoms with van der Waals surface area (Å²) >= 11 is 0. The molecular weight excluding hydrogens is 200 g/mol. The summed E-state index contributed by atoms with van der Waals surface area (Å²) in [5.41, 5.74) is 0. The summed E-state index contributed by atoms with van der Waals surface area (Å²) in [6.07, 6.45) is 7.64. The van der Waals surface area contributed by atoms with Gasteiger partial charge in [-0.25, -0.2) is 0 Å². The molecule has 92 valence electrons. The van der Waals surface area contributed by atoms with E-state index in [1.807, 2.05) is 0 Å². The molecule has 0 radical (unpaired) electrons. The Morgan fingerprint density at radius 3 is 2.31 bits per heavy atom. The third kappa shape index (κ3) is 1.53. The van der Waals surface area contributed by atoms with Crippen LogP contribution in [0.15, 0.2) is 0 Å². The highest BCUT2D eigenvalue weighted by Crippen LogP contribution is 2.63. The summed E-state index contributed by atoms with van der Waals surface area (Å²) in [7, 11) is 0. The van der Waals surface area contributed by atoms with Crippen molar-refractivity contribution < 1.29 is 10.2 Å². The van der Waals surface area contributed by atoms with Crippen LogP contribution >= 0.6 is 0 Å². The van der Waals surface area contributed by atoms with Gasteiger partial charge in [-0.1, -0.05) is 0 Å². The molecule has 2 nitrogen and oxygen atoms in total. The van der Waals surface area contributed by atoms with Crippen LogP contribution in [0, 0.1) is 35.5 Å². The summed E-state index contributed by atoms with van der Waals surface area (Å²) in [6.45, 7) is 0.742. The average molecular weight is 224 g/mol. The van der Waals surface area contributed by atoms with Gasteiger partial charge < -0.3 is 10.2 Å². The maximum Gasteiger partial charge on any atom is 0.0433 e. The molecule has 0 aromatic rings. The second-order valence-corrected chi connectivity index (χ2v) is 6.26. The zero-order chi connectivity index (χ0) is 11.1. The van der Waals surface area contributed by atoms with Crippen molar-refractivity contribution in [2.75, 3.05) is 13.2 Å². The highest BCUT2D eigenvalue weighted by atomic mass is 16.3. The minimum absolute atomic E-state index is 0.371. The molecule has 3 saturated carbocycles. The fourth-order valence-electron chi connectivity index (χ4n) is 5.38. The predicted octanol–water partition coefficient (Wildman–Crippen LogP) is 2.05. The Kier molecular flexibility index (Phi) is 2.97. The standard InChI is InChI=1S/C14H24O2/c15-5-3-9-1-2-12-11-7-10(4-6-16)13(8-11)14(9)12/h9-16H,1-8H2. The number of fused-ring (bicyclic) bond motifs is 5. The van der Waals surface area contributed by atoms with Crippen LogP contribution in [-0.2, 0) is 0 Å². The largest absolute Gasteiger partial charge is 0.396 e. The SMILES string of the molecule is OCCC1CC2CC1C1C(CCO)CCC21. The van der Waals surface area contributed by atoms with Crippen LogP contribution in [0.5, 0.6) is 0 Å². The van der Waals surface area contributed by atoms with Crippen LogP contribution in [-0.4, -0.2) is 23.4 Å². The van der Waals surface area contributed by atoms with Crippen molar-refractivity contribution in [2.24, 2.45) is 35.5 Å². The van der Waals surface area contributed by atoms with Gasteiger partial charge in [0.1, 0.15) is 0 Å². The minimum Gasteiger partial charge on any atom is -0.396 e. The Labute approximate surface area is 98.1 Å². The molecule has 3 rings (SSSR count). The number of rotatable bonds is 4. The van der Waals surface area contributed by atoms with Crippen molar-refractivity contribution in [3.8, 4) is 0 Å². The van der Waals surface area contributed by atoms with Crippen molar-refractivity contribution in [2.45, 2.75) is 38.5 Å². The Morgan fingerprint density at radius 2 is 1.56 bits per heavy atom. The summed E-state index contributed by atoms with van der Waals surface area (Å²) in [5.74, 6) is 5.34. The van der Waals surface area contributed by atoms with Crippen molar-refractivity contribution in [3.05, 3.63) is 0 Å². The van der Waals surface area contributed by atoms with E-state index in [2.05, 4.69) is 0 Å². The van der Waals surface area contributed by atoms with E-state index < -0.39 is 0 Å². The zero-order valence-corrected chi connectivity index (χ0v) is 10.0. The third-order valence-corrected chi connectivity index (χ3v) is 5.80. The molecule has 3 aliphatic carbocycles. The Bertz CT molecular complexity index is 253. The molecule has 16 heavy (non-hydrogen) atoms. The van der Waals surface area contributed by atoms with Gasteiger partial charge in [0.15, 0.2) is 0 Å². The van der Waals surface area contributed by atoms with Crippen LogP contribution in [0.4, 0.5) is 0 Å². The molecule has 2 N–H and O–H groups in total. The van der Waals surface area contributed by atoms with Crippen molar-refractivity contribution >= 4 is 0 Å². The lowest BCUT2D eigenvalue weighted by molar-refractivity contribution is 0.115. The van der Waals surface area contributed by atoms with Gasteiger partial charge in [-0.3, -0.25) is 0 Å². The molecule has 0 spiro atoms. The molecule has 6 atom stereocenters. The van der Waals surface area contributed by atoms with E-state index in [4.69, 9.17) is 10.2 Å². The Balaban J connectivity index is 1.72. The van der Waals surface area contributed by atoms with Gasteiger partial charge in [0, 0.05) is 13.2 Å². The van der Waals surface area contributed by atoms with E-state index in [0.717, 1.165) is 48.3 Å². The molecule has 0 aromatic carbocycles. The van der Waals surface area contributed by atoms with Gasteiger partial charge in [-0.15, -0.1) is 0 Å². The van der Waals surface area contributed by atoms with Gasteiger partial charge in [0.2, 0.25) is 0 Å². The summed E-state index contributed by atoms with van der Waals surface area (Å²) in [6, 6.07) is 0. The van der Waals surface area contributed by atoms with E-state index in [0.29, 0.717) is 13.2 Å². The van der Waals surface area contributed by atoms with Gasteiger partial charge in [-0.05, 0) is 74.0 Å². The molecule has 0 saturated heterocycles. The lowest BCUT2D eigenvalue weighted by Crippen LogP contribution is -2.29. The lowest BCUT2D eigenvalue weighted by atomic mass is 9.71. The normalized spacial score (nSPS) is 49.9. The first kappa shape index (κ1) is 11.0. The number of hydrogen-bond acceptors (Lipinski definition) is 2. The van der Waals surface area contributed by atoms with Crippen LogP contribution in [0.1, 0.15) is 38.5 Å². The molecule has 0 aromatic heterocycles. The molecule has 0 aliphatic heterocycles. The summed E-state index contributed by atoms with van der Waals surface area (Å²) < 4.78 is 0. The number of aliphatic hydroxyl groups is 2. The van der Waals surface area contributed by atoms with Crippen LogP contribution in [0.3, 0.4) is 0 Å². The fraction of sp³-hybridized carbons (Fsp3) is 1.00. The molecule has 0 amide bonds. The van der Waals surface area contributed by atoms with Crippen LogP contribution < -0.4 is 0 Å². The van der Waals surface area contributed by atoms with E-state index in [9.17, 15) is 0 Å². The second-order valence-electron chi connectivity index (χ2n) is 6.26. The van der Waals surface area contributed by atoms with Crippen molar-refractivity contribution in [3.63, 3.8) is 0 Å². The maximum atomic E-state index is 9.15. The maximum absolute atomic E-state index is 9.15. The number of hydrogen-bond donors (Lipinski definition) is 2. The average Bonchev–Trinajstić information content (AvgIpc) is 2.91. The van der Waals surface area contributed by atoms with E-state index in [1.54, 1.807) is 0 Å². The Morgan fingerprint density at radius 1 is 0.812 bits per heavy atom. The smallest absolute Gasteiger partial charge is 0.0433 e. The van der Waals surface area contributed by atoms with Crippen molar-refractivity contribution in [1.29, 1.82) is 0 Å². The molecule has 2 bridgehead atoms. The lowest BCUT2D eigenvalue weighted by Gasteiger charge is -2.34. The second kappa shape index (κ2) is 4.30. The van der Waals surface area contributed by atoms with Crippen LogP contribution in [0.25, 0.3) is 0 Å². The summed E-state index contributed by atoms with van der Waals surface area (Å²) in [5, 5.41) is 18.3. The molecule has 6 unspecified atom stereocenters. The third-order valence-electron chi connectivity index (χ3n) is 5.80. The van der Waals surface area contributed by atoms with E-state index >= 15 is 0 Å². The molecule has 3 aliphatic rings. The highest BCUT2D eigenvalue weighted by Gasteiger charge is 2.56. The highest BCUT2D eigenvalue weighted by molar-refractivity contribution is 5.05. The van der Waals surface area contributed by atoms with Gasteiger partial charge >= 0.3 is 0 Å². The fourth-order valence-corrected chi connectivity index (χ4v) is 5.38. The predicted molar refractivity (Wildman–Crippen MR) is 62.8 cm³/mol.